The first-order valence-electron chi connectivity index (χ1n) is 18.3. The summed E-state index contributed by atoms with van der Waals surface area (Å²) < 4.78 is 39.0. The Morgan fingerprint density at radius 3 is 1.71 bits per heavy atom. The van der Waals surface area contributed by atoms with Gasteiger partial charge in [-0.3, -0.25) is 19.8 Å². The Morgan fingerprint density at radius 2 is 1.19 bits per heavy atom. The summed E-state index contributed by atoms with van der Waals surface area (Å²) in [5.41, 5.74) is 5.43. The number of ether oxygens (including phenoxy) is 2. The third-order valence-corrected chi connectivity index (χ3v) is 9.33. The minimum Gasteiger partial charge on any atom is -0.371 e. The van der Waals surface area contributed by atoms with Crippen LogP contribution < -0.4 is 21.3 Å². The van der Waals surface area contributed by atoms with Crippen LogP contribution in [0.3, 0.4) is 0 Å². The number of anilines is 2. The van der Waals surface area contributed by atoms with Crippen molar-refractivity contribution in [1.29, 1.82) is 10.5 Å². The Labute approximate surface area is 331 Å². The smallest absolute Gasteiger partial charge is 0.273 e. The predicted octanol–water partition coefficient (Wildman–Crippen LogP) is 6.00. The van der Waals surface area contributed by atoms with E-state index in [1.165, 1.54) is 42.5 Å². The first-order valence-corrected chi connectivity index (χ1v) is 18.3. The van der Waals surface area contributed by atoms with Crippen molar-refractivity contribution in [2.45, 2.75) is 12.2 Å². The molecule has 2 aliphatic heterocycles. The number of carbonyl (C=O) groups is 2. The van der Waals surface area contributed by atoms with Crippen LogP contribution in [-0.4, -0.2) is 71.6 Å². The van der Waals surface area contributed by atoms with Crippen molar-refractivity contribution in [3.05, 3.63) is 142 Å². The van der Waals surface area contributed by atoms with Crippen LogP contribution in [0.25, 0.3) is 22.5 Å². The minimum atomic E-state index is -0.595. The Bertz CT molecular complexity index is 2480. The molecule has 14 nitrogen and oxygen atoms in total. The van der Waals surface area contributed by atoms with E-state index in [-0.39, 0.29) is 46.3 Å². The molecule has 0 radical (unpaired) electrons. The van der Waals surface area contributed by atoms with Crippen LogP contribution in [0.1, 0.15) is 55.4 Å². The van der Waals surface area contributed by atoms with E-state index in [1.54, 1.807) is 24.3 Å². The highest BCUT2D eigenvalue weighted by Gasteiger charge is 2.19. The van der Waals surface area contributed by atoms with Gasteiger partial charge in [-0.1, -0.05) is 24.3 Å². The molecule has 0 bridgehead atoms. The number of rotatable bonds is 8. The number of amides is 2. The summed E-state index contributed by atoms with van der Waals surface area (Å²) in [6.45, 7) is 4.57. The van der Waals surface area contributed by atoms with Crippen molar-refractivity contribution < 1.29 is 27.8 Å². The fourth-order valence-electron chi connectivity index (χ4n) is 6.24. The molecule has 58 heavy (non-hydrogen) atoms. The summed E-state index contributed by atoms with van der Waals surface area (Å²) in [6, 6.07) is 29.8. The molecule has 2 aliphatic rings. The van der Waals surface area contributed by atoms with Gasteiger partial charge in [0, 0.05) is 48.7 Å². The van der Waals surface area contributed by atoms with Gasteiger partial charge in [-0.2, -0.15) is 20.7 Å². The number of hydrogen-bond acceptors (Lipinski definition) is 10. The number of aromatic nitrogens is 4. The zero-order chi connectivity index (χ0) is 40.4. The standard InChI is InChI=1S/2C21H18FN5O2/c22-17-6-1-13(11-23)9-16(17)18-10-19(27-26-18)21(28)25-15-4-2-14(3-5-15)20-12-24-7-8-29-20;22-17-6-3-14(9-15(17)11-23)18-10-19(27-26-18)21(28)25-16-4-1-13(2-5-16)20-12-24-7-8-29-20/h2*1-6,9-10,20,24H,7-8,12H2,(H,25,28)(H,26,27)/t2*20-/m11/s1. The molecular formula is C42H36F2N10O4. The molecule has 16 heteroatoms. The van der Waals surface area contributed by atoms with Crippen molar-refractivity contribution in [2.24, 2.45) is 0 Å². The Kier molecular flexibility index (Phi) is 12.3. The number of carbonyl (C=O) groups excluding carboxylic acids is 2. The van der Waals surface area contributed by atoms with Gasteiger partial charge in [0.2, 0.25) is 0 Å². The Balaban J connectivity index is 0.000000177. The largest absolute Gasteiger partial charge is 0.371 e. The molecular weight excluding hydrogens is 747 g/mol. The van der Waals surface area contributed by atoms with E-state index in [9.17, 15) is 18.4 Å². The summed E-state index contributed by atoms with van der Waals surface area (Å²) >= 11 is 0. The maximum atomic E-state index is 14.1. The zero-order valence-corrected chi connectivity index (χ0v) is 30.8. The lowest BCUT2D eigenvalue weighted by Crippen LogP contribution is -2.33. The molecule has 4 heterocycles. The average Bonchev–Trinajstić information content (AvgIpc) is 3.98. The van der Waals surface area contributed by atoms with Gasteiger partial charge in [0.1, 0.15) is 29.1 Å². The number of nitrogens with one attached hydrogen (secondary N) is 6. The minimum absolute atomic E-state index is 0.00253. The molecule has 6 N–H and O–H groups in total. The number of halogens is 2. The molecule has 2 fully saturated rings. The third-order valence-electron chi connectivity index (χ3n) is 9.33. The van der Waals surface area contributed by atoms with E-state index in [1.807, 2.05) is 42.5 Å². The van der Waals surface area contributed by atoms with Gasteiger partial charge in [0.15, 0.2) is 0 Å². The van der Waals surface area contributed by atoms with Crippen LogP contribution in [0.5, 0.6) is 0 Å². The summed E-state index contributed by atoms with van der Waals surface area (Å²) in [5.74, 6) is -1.86. The lowest BCUT2D eigenvalue weighted by molar-refractivity contribution is 0.0276. The second-order valence-corrected chi connectivity index (χ2v) is 13.2. The maximum absolute atomic E-state index is 14.1. The van der Waals surface area contributed by atoms with Crippen molar-refractivity contribution in [3.8, 4) is 34.7 Å². The fourth-order valence-corrected chi connectivity index (χ4v) is 6.24. The van der Waals surface area contributed by atoms with E-state index in [0.717, 1.165) is 37.3 Å². The lowest BCUT2D eigenvalue weighted by atomic mass is 10.1. The summed E-state index contributed by atoms with van der Waals surface area (Å²) in [4.78, 5) is 25.0. The highest BCUT2D eigenvalue weighted by atomic mass is 19.1. The molecule has 0 unspecified atom stereocenters. The van der Waals surface area contributed by atoms with Gasteiger partial charge in [-0.05, 0) is 83.9 Å². The predicted molar refractivity (Wildman–Crippen MR) is 209 cm³/mol. The van der Waals surface area contributed by atoms with Gasteiger partial charge in [0.05, 0.1) is 54.0 Å². The zero-order valence-electron chi connectivity index (χ0n) is 30.8. The molecule has 2 amide bonds. The van der Waals surface area contributed by atoms with Gasteiger partial charge < -0.3 is 30.7 Å². The van der Waals surface area contributed by atoms with E-state index in [0.29, 0.717) is 41.4 Å². The topological polar surface area (TPSA) is 206 Å². The SMILES string of the molecule is N#Cc1cc(-c2cc(C(=O)Nc3ccc([C@H]4CNCCO4)cc3)[nH]n2)ccc1F.N#Cc1ccc(F)c(-c2cc(C(=O)Nc3ccc([C@H]4CNCCO4)cc3)[nH]n2)c1. The molecule has 0 aliphatic carbocycles. The first kappa shape index (κ1) is 39.2. The molecule has 2 aromatic heterocycles. The van der Waals surface area contributed by atoms with E-state index < -0.39 is 17.5 Å². The quantitative estimate of drug-likeness (QED) is 0.106. The number of hydrogen-bond donors (Lipinski definition) is 6. The number of H-pyrrole nitrogens is 2. The van der Waals surface area contributed by atoms with Crippen molar-refractivity contribution in [1.82, 2.24) is 31.0 Å². The van der Waals surface area contributed by atoms with E-state index in [2.05, 4.69) is 41.7 Å². The molecule has 8 rings (SSSR count). The van der Waals surface area contributed by atoms with E-state index in [4.69, 9.17) is 20.0 Å². The highest BCUT2D eigenvalue weighted by molar-refractivity contribution is 6.04. The van der Waals surface area contributed by atoms with Crippen LogP contribution in [-0.2, 0) is 9.47 Å². The number of aromatic amines is 2. The molecule has 2 saturated heterocycles. The second kappa shape index (κ2) is 18.2. The normalized spacial score (nSPS) is 16.2. The fraction of sp³-hybridized carbons (Fsp3) is 0.190. The number of nitrogens with zero attached hydrogens (tertiary/aromatic N) is 4. The van der Waals surface area contributed by atoms with E-state index >= 15 is 0 Å². The summed E-state index contributed by atoms with van der Waals surface area (Å²) in [6.07, 6.45) is 0.0143. The average molecular weight is 783 g/mol. The van der Waals surface area contributed by atoms with Crippen molar-refractivity contribution >= 4 is 23.2 Å². The van der Waals surface area contributed by atoms with Gasteiger partial charge in [0.25, 0.3) is 11.8 Å². The van der Waals surface area contributed by atoms with Crippen LogP contribution in [0.4, 0.5) is 20.2 Å². The monoisotopic (exact) mass is 782 g/mol. The Morgan fingerprint density at radius 1 is 0.655 bits per heavy atom. The first-order chi connectivity index (χ1) is 28.3. The summed E-state index contributed by atoms with van der Waals surface area (Å²) in [7, 11) is 0. The molecule has 292 valence electrons. The number of benzene rings is 4. The molecule has 0 spiro atoms. The molecule has 0 saturated carbocycles. The Hall–Kier alpha value is -7.08. The van der Waals surface area contributed by atoms with Gasteiger partial charge in [-0.15, -0.1) is 0 Å². The van der Waals surface area contributed by atoms with Crippen molar-refractivity contribution in [2.75, 3.05) is 50.0 Å². The van der Waals surface area contributed by atoms with Crippen molar-refractivity contribution in [3.63, 3.8) is 0 Å². The number of nitriles is 2. The van der Waals surface area contributed by atoms with Crippen LogP contribution >= 0.6 is 0 Å². The van der Waals surface area contributed by atoms with Crippen LogP contribution in [0.2, 0.25) is 0 Å². The van der Waals surface area contributed by atoms with Gasteiger partial charge in [-0.25, -0.2) is 8.78 Å². The maximum Gasteiger partial charge on any atom is 0.273 e. The summed E-state index contributed by atoms with van der Waals surface area (Å²) in [5, 5.41) is 43.5. The van der Waals surface area contributed by atoms with Crippen LogP contribution in [0.15, 0.2) is 97.1 Å². The number of morpholine rings is 2. The van der Waals surface area contributed by atoms with Gasteiger partial charge >= 0.3 is 0 Å². The lowest BCUT2D eigenvalue weighted by Gasteiger charge is -2.24. The van der Waals surface area contributed by atoms with Crippen LogP contribution in [0, 0.1) is 34.3 Å². The molecule has 4 aromatic carbocycles. The highest BCUT2D eigenvalue weighted by Crippen LogP contribution is 2.26. The molecule has 2 atom stereocenters. The second-order valence-electron chi connectivity index (χ2n) is 13.2. The third kappa shape index (κ3) is 9.47. The molecule has 6 aromatic rings.